The van der Waals surface area contributed by atoms with Crippen molar-refractivity contribution in [3.05, 3.63) is 84.2 Å². The van der Waals surface area contributed by atoms with E-state index in [9.17, 15) is 14.4 Å². The van der Waals surface area contributed by atoms with E-state index in [1.165, 1.54) is 4.90 Å². The number of anilines is 2. The predicted octanol–water partition coefficient (Wildman–Crippen LogP) is 2.33. The van der Waals surface area contributed by atoms with E-state index in [0.29, 0.717) is 22.8 Å². The Morgan fingerprint density at radius 2 is 1.60 bits per heavy atom. The Balaban J connectivity index is 1.56. The van der Waals surface area contributed by atoms with Crippen LogP contribution in [0.25, 0.3) is 0 Å². The minimum Gasteiger partial charge on any atom is -0.454 e. The molecule has 0 fully saturated rings. The van der Waals surface area contributed by atoms with Crippen molar-refractivity contribution in [3.8, 4) is 0 Å². The van der Waals surface area contributed by atoms with Gasteiger partial charge < -0.3 is 15.0 Å². The molecule has 8 heteroatoms. The third kappa shape index (κ3) is 5.48. The van der Waals surface area contributed by atoms with Gasteiger partial charge in [-0.25, -0.2) is 9.97 Å². The summed E-state index contributed by atoms with van der Waals surface area (Å²) in [6, 6.07) is 17.1. The van der Waals surface area contributed by atoms with Gasteiger partial charge in [0, 0.05) is 30.6 Å². The highest BCUT2D eigenvalue weighted by Gasteiger charge is 2.16. The van der Waals surface area contributed by atoms with E-state index in [-0.39, 0.29) is 12.3 Å². The molecule has 1 heterocycles. The van der Waals surface area contributed by atoms with Crippen LogP contribution in [-0.2, 0) is 14.3 Å². The van der Waals surface area contributed by atoms with Gasteiger partial charge in [0.1, 0.15) is 6.54 Å². The molecule has 30 heavy (non-hydrogen) atoms. The average molecular weight is 404 g/mol. The van der Waals surface area contributed by atoms with E-state index >= 15 is 0 Å². The maximum atomic E-state index is 12.7. The van der Waals surface area contributed by atoms with Crippen LogP contribution in [0.3, 0.4) is 0 Å². The molecule has 0 radical (unpaired) electrons. The van der Waals surface area contributed by atoms with Crippen molar-refractivity contribution in [2.24, 2.45) is 0 Å². The zero-order valence-electron chi connectivity index (χ0n) is 16.3. The van der Waals surface area contributed by atoms with E-state index < -0.39 is 18.5 Å². The number of rotatable bonds is 8. The number of carbonyl (C=O) groups excluding carboxylic acids is 3. The summed E-state index contributed by atoms with van der Waals surface area (Å²) >= 11 is 0. The molecule has 1 amide bonds. The highest BCUT2D eigenvalue weighted by molar-refractivity contribution is 6.13. The number of hydrogen-bond acceptors (Lipinski definition) is 7. The van der Waals surface area contributed by atoms with Gasteiger partial charge in [0.25, 0.3) is 5.91 Å². The van der Waals surface area contributed by atoms with Crippen LogP contribution in [0.15, 0.2) is 73.1 Å². The van der Waals surface area contributed by atoms with Crippen molar-refractivity contribution in [3.63, 3.8) is 0 Å². The summed E-state index contributed by atoms with van der Waals surface area (Å²) in [5.74, 6) is -0.996. The minimum atomic E-state index is -0.603. The lowest BCUT2D eigenvalue weighted by Gasteiger charge is -2.15. The number of nitrogens with one attached hydrogen (secondary N) is 1. The number of ether oxygens (including phenoxy) is 1. The zero-order chi connectivity index (χ0) is 21.3. The predicted molar refractivity (Wildman–Crippen MR) is 111 cm³/mol. The topological polar surface area (TPSA) is 101 Å². The number of ketones is 1. The summed E-state index contributed by atoms with van der Waals surface area (Å²) in [7, 11) is 1.64. The summed E-state index contributed by atoms with van der Waals surface area (Å²) in [5.41, 5.74) is 1.21. The van der Waals surface area contributed by atoms with Crippen LogP contribution in [0, 0.1) is 0 Å². The number of likely N-dealkylation sites (N-methyl/N-ethyl adjacent to an activating group) is 1. The fourth-order valence-electron chi connectivity index (χ4n) is 2.67. The van der Waals surface area contributed by atoms with Gasteiger partial charge in [-0.3, -0.25) is 14.4 Å². The molecule has 0 bridgehead atoms. The quantitative estimate of drug-likeness (QED) is 0.454. The summed E-state index contributed by atoms with van der Waals surface area (Å²) < 4.78 is 5.02. The molecule has 1 aromatic heterocycles. The highest BCUT2D eigenvalue weighted by atomic mass is 16.5. The maximum Gasteiger partial charge on any atom is 0.326 e. The lowest BCUT2D eigenvalue weighted by Crippen LogP contribution is -2.30. The molecule has 3 aromatic rings. The van der Waals surface area contributed by atoms with E-state index in [0.717, 1.165) is 0 Å². The van der Waals surface area contributed by atoms with Gasteiger partial charge in [0.15, 0.2) is 12.4 Å². The molecular weight excluding hydrogens is 384 g/mol. The largest absolute Gasteiger partial charge is 0.454 e. The summed E-state index contributed by atoms with van der Waals surface area (Å²) in [6.07, 6.45) is 3.12. The fourth-order valence-corrected chi connectivity index (χ4v) is 2.67. The summed E-state index contributed by atoms with van der Waals surface area (Å²) in [6.45, 7) is -0.587. The Labute approximate surface area is 173 Å². The minimum absolute atomic E-state index is 0.111. The number of hydrogen-bond donors (Lipinski definition) is 1. The van der Waals surface area contributed by atoms with Gasteiger partial charge in [-0.05, 0) is 18.2 Å². The first-order chi connectivity index (χ1) is 14.5. The molecule has 0 saturated heterocycles. The van der Waals surface area contributed by atoms with Crippen LogP contribution in [0.5, 0.6) is 0 Å². The van der Waals surface area contributed by atoms with E-state index in [1.54, 1.807) is 74.0 Å². The Bertz CT molecular complexity index is 1030. The second-order valence-corrected chi connectivity index (χ2v) is 6.35. The first-order valence-electron chi connectivity index (χ1n) is 9.17. The Hall–Kier alpha value is -4.07. The van der Waals surface area contributed by atoms with Crippen LogP contribution >= 0.6 is 0 Å². The molecule has 0 spiro atoms. The average Bonchev–Trinajstić information content (AvgIpc) is 2.79. The maximum absolute atomic E-state index is 12.7. The molecule has 0 aliphatic rings. The van der Waals surface area contributed by atoms with Crippen LogP contribution in [0.2, 0.25) is 0 Å². The monoisotopic (exact) mass is 404 g/mol. The fraction of sp³-hybridized carbons (Fsp3) is 0.136. The molecule has 152 valence electrons. The van der Waals surface area contributed by atoms with Crippen molar-refractivity contribution >= 4 is 29.3 Å². The Morgan fingerprint density at radius 1 is 0.933 bits per heavy atom. The summed E-state index contributed by atoms with van der Waals surface area (Å²) in [5, 5.41) is 2.63. The molecule has 0 aliphatic carbocycles. The van der Waals surface area contributed by atoms with Crippen LogP contribution in [0.4, 0.5) is 11.6 Å². The SMILES string of the molecule is CN(CC(=O)OCC(=O)Nc1ccccc1C(=O)c1ccccc1)c1ncccn1. The molecule has 0 atom stereocenters. The Morgan fingerprint density at radius 3 is 2.33 bits per heavy atom. The van der Waals surface area contributed by atoms with Gasteiger partial charge in [0.2, 0.25) is 5.95 Å². The van der Waals surface area contributed by atoms with Crippen LogP contribution in [-0.4, -0.2) is 47.8 Å². The second kappa shape index (κ2) is 9.92. The number of nitrogens with zero attached hydrogens (tertiary/aromatic N) is 3. The molecule has 1 N–H and O–H groups in total. The van der Waals surface area contributed by atoms with E-state index in [4.69, 9.17) is 4.74 Å². The third-order valence-corrected chi connectivity index (χ3v) is 4.11. The number of benzene rings is 2. The second-order valence-electron chi connectivity index (χ2n) is 6.35. The molecule has 0 unspecified atom stereocenters. The first-order valence-corrected chi connectivity index (χ1v) is 9.17. The first kappa shape index (κ1) is 20.7. The molecule has 3 rings (SSSR count). The van der Waals surface area contributed by atoms with Crippen molar-refractivity contribution < 1.29 is 19.1 Å². The number of para-hydroxylation sites is 1. The highest BCUT2D eigenvalue weighted by Crippen LogP contribution is 2.19. The van der Waals surface area contributed by atoms with Crippen molar-refractivity contribution in [2.75, 3.05) is 30.4 Å². The Kier molecular flexibility index (Phi) is 6.83. The standard InChI is InChI=1S/C22H20N4O4/c1-26(22-23-12-7-13-24-22)14-20(28)30-15-19(27)25-18-11-6-5-10-17(18)21(29)16-8-3-2-4-9-16/h2-13H,14-15H2,1H3,(H,25,27). The smallest absolute Gasteiger partial charge is 0.326 e. The van der Waals surface area contributed by atoms with E-state index in [1.807, 2.05) is 6.07 Å². The van der Waals surface area contributed by atoms with Crippen molar-refractivity contribution in [2.45, 2.75) is 0 Å². The van der Waals surface area contributed by atoms with Gasteiger partial charge in [-0.15, -0.1) is 0 Å². The van der Waals surface area contributed by atoms with E-state index in [2.05, 4.69) is 15.3 Å². The summed E-state index contributed by atoms with van der Waals surface area (Å²) in [4.78, 5) is 46.5. The molecule has 0 saturated carbocycles. The molecule has 8 nitrogen and oxygen atoms in total. The van der Waals surface area contributed by atoms with Crippen molar-refractivity contribution in [1.82, 2.24) is 9.97 Å². The van der Waals surface area contributed by atoms with Gasteiger partial charge in [-0.1, -0.05) is 42.5 Å². The van der Waals surface area contributed by atoms with Gasteiger partial charge >= 0.3 is 5.97 Å². The van der Waals surface area contributed by atoms with Crippen molar-refractivity contribution in [1.29, 1.82) is 0 Å². The van der Waals surface area contributed by atoms with Crippen LogP contribution in [0.1, 0.15) is 15.9 Å². The van der Waals surface area contributed by atoms with Gasteiger partial charge in [0.05, 0.1) is 5.69 Å². The molecule has 2 aromatic carbocycles. The third-order valence-electron chi connectivity index (χ3n) is 4.11. The lowest BCUT2D eigenvalue weighted by atomic mass is 10.0. The zero-order valence-corrected chi connectivity index (χ0v) is 16.3. The lowest BCUT2D eigenvalue weighted by molar-refractivity contribution is -0.145. The van der Waals surface area contributed by atoms with Gasteiger partial charge in [-0.2, -0.15) is 0 Å². The normalized spacial score (nSPS) is 10.2. The number of esters is 1. The number of amides is 1. The number of carbonyl (C=O) groups is 3. The molecular formula is C22H20N4O4. The van der Waals surface area contributed by atoms with Crippen LogP contribution < -0.4 is 10.2 Å². The molecule has 0 aliphatic heterocycles. The number of aromatic nitrogens is 2.